The van der Waals surface area contributed by atoms with Crippen molar-refractivity contribution in [3.8, 4) is 5.75 Å². The highest BCUT2D eigenvalue weighted by molar-refractivity contribution is 5.27. The highest BCUT2D eigenvalue weighted by atomic mass is 16.5. The minimum Gasteiger partial charge on any atom is -0.491 e. The minimum atomic E-state index is 0.563. The summed E-state index contributed by atoms with van der Waals surface area (Å²) < 4.78 is 10.9. The van der Waals surface area contributed by atoms with Crippen LogP contribution in [0.25, 0.3) is 0 Å². The van der Waals surface area contributed by atoms with Crippen molar-refractivity contribution >= 4 is 0 Å². The molecule has 0 atom stereocenters. The summed E-state index contributed by atoms with van der Waals surface area (Å²) in [5.41, 5.74) is 6.75. The second-order valence-corrected chi connectivity index (χ2v) is 5.41. The lowest BCUT2D eigenvalue weighted by atomic mass is 10.0. The van der Waals surface area contributed by atoms with E-state index in [0.29, 0.717) is 26.4 Å². The zero-order valence-corrected chi connectivity index (χ0v) is 13.5. The van der Waals surface area contributed by atoms with E-state index in [4.69, 9.17) is 15.2 Å². The third-order valence-corrected chi connectivity index (χ3v) is 3.50. The monoisotopic (exact) mass is 293 g/mol. The third-order valence-electron chi connectivity index (χ3n) is 3.50. The highest BCUT2D eigenvalue weighted by Gasteiger charge is 1.97. The molecule has 0 spiro atoms. The molecule has 0 saturated carbocycles. The zero-order valence-electron chi connectivity index (χ0n) is 13.5. The number of ether oxygens (including phenoxy) is 2. The third kappa shape index (κ3) is 9.48. The molecule has 0 aliphatic heterocycles. The van der Waals surface area contributed by atoms with Crippen LogP contribution in [-0.4, -0.2) is 26.4 Å². The molecule has 0 unspecified atom stereocenters. The van der Waals surface area contributed by atoms with E-state index in [1.807, 2.05) is 0 Å². The van der Waals surface area contributed by atoms with Gasteiger partial charge in [-0.1, -0.05) is 51.2 Å². The predicted molar refractivity (Wildman–Crippen MR) is 88.9 cm³/mol. The van der Waals surface area contributed by atoms with Gasteiger partial charge in [-0.15, -0.1) is 0 Å². The molecule has 0 aliphatic rings. The fourth-order valence-electron chi connectivity index (χ4n) is 2.27. The van der Waals surface area contributed by atoms with Gasteiger partial charge in [-0.25, -0.2) is 0 Å². The van der Waals surface area contributed by atoms with Gasteiger partial charge in [0.1, 0.15) is 12.4 Å². The molecule has 0 saturated heterocycles. The van der Waals surface area contributed by atoms with Gasteiger partial charge in [-0.3, -0.25) is 0 Å². The van der Waals surface area contributed by atoms with Crippen molar-refractivity contribution in [3.05, 3.63) is 29.8 Å². The average Bonchev–Trinajstić information content (AvgIpc) is 2.52. The fourth-order valence-corrected chi connectivity index (χ4v) is 2.27. The molecule has 1 rings (SSSR count). The summed E-state index contributed by atoms with van der Waals surface area (Å²) in [5.74, 6) is 0.915. The number of nitrogens with two attached hydrogens (primary N) is 1. The van der Waals surface area contributed by atoms with Gasteiger partial charge in [0.2, 0.25) is 0 Å². The van der Waals surface area contributed by atoms with Crippen LogP contribution in [0, 0.1) is 0 Å². The van der Waals surface area contributed by atoms with Gasteiger partial charge < -0.3 is 15.2 Å². The largest absolute Gasteiger partial charge is 0.491 e. The average molecular weight is 293 g/mol. The van der Waals surface area contributed by atoms with Crippen LogP contribution < -0.4 is 10.5 Å². The molecular weight excluding hydrogens is 262 g/mol. The molecule has 0 amide bonds. The normalized spacial score (nSPS) is 10.8. The molecule has 1 aromatic rings. The molecule has 0 heterocycles. The number of benzene rings is 1. The molecule has 1 aromatic carbocycles. The smallest absolute Gasteiger partial charge is 0.119 e. The van der Waals surface area contributed by atoms with Gasteiger partial charge in [0.25, 0.3) is 0 Å². The summed E-state index contributed by atoms with van der Waals surface area (Å²) in [5, 5.41) is 0. The lowest BCUT2D eigenvalue weighted by Crippen LogP contribution is -2.13. The summed E-state index contributed by atoms with van der Waals surface area (Å²) in [6, 6.07) is 8.44. The van der Waals surface area contributed by atoms with Crippen LogP contribution in [0.2, 0.25) is 0 Å². The molecule has 0 aliphatic carbocycles. The molecule has 3 heteroatoms. The maximum atomic E-state index is 5.61. The van der Waals surface area contributed by atoms with Gasteiger partial charge in [0.15, 0.2) is 0 Å². The molecule has 0 fully saturated rings. The van der Waals surface area contributed by atoms with Crippen molar-refractivity contribution in [1.82, 2.24) is 0 Å². The van der Waals surface area contributed by atoms with Gasteiger partial charge in [0.05, 0.1) is 13.2 Å². The first-order valence-electron chi connectivity index (χ1n) is 8.36. The van der Waals surface area contributed by atoms with Crippen molar-refractivity contribution in [2.45, 2.75) is 51.9 Å². The van der Waals surface area contributed by atoms with Crippen LogP contribution >= 0.6 is 0 Å². The Balaban J connectivity index is 2.09. The summed E-state index contributed by atoms with van der Waals surface area (Å²) in [6.45, 7) is 4.59. The summed E-state index contributed by atoms with van der Waals surface area (Å²) in [7, 11) is 0. The standard InChI is InChI=1S/C18H31NO2/c1-2-3-4-5-6-7-8-17-9-11-18(12-10-17)21-16-15-20-14-13-19/h9-12H,2-8,13-16,19H2,1H3. The van der Waals surface area contributed by atoms with E-state index in [-0.39, 0.29) is 0 Å². The Hall–Kier alpha value is -1.06. The van der Waals surface area contributed by atoms with Gasteiger partial charge in [-0.2, -0.15) is 0 Å². The first kappa shape index (κ1) is 18.0. The van der Waals surface area contributed by atoms with Crippen LogP contribution in [0.1, 0.15) is 51.0 Å². The maximum absolute atomic E-state index is 5.61. The number of unbranched alkanes of at least 4 members (excludes halogenated alkanes) is 5. The Morgan fingerprint density at radius 3 is 2.29 bits per heavy atom. The summed E-state index contributed by atoms with van der Waals surface area (Å²) in [6.07, 6.45) is 9.26. The number of hydrogen-bond acceptors (Lipinski definition) is 3. The zero-order chi connectivity index (χ0) is 15.2. The van der Waals surface area contributed by atoms with Gasteiger partial charge in [-0.05, 0) is 30.5 Å². The Morgan fingerprint density at radius 2 is 1.57 bits per heavy atom. The van der Waals surface area contributed by atoms with Crippen molar-refractivity contribution in [1.29, 1.82) is 0 Å². The van der Waals surface area contributed by atoms with E-state index in [9.17, 15) is 0 Å². The molecule has 0 bridgehead atoms. The van der Waals surface area contributed by atoms with Crippen LogP contribution in [-0.2, 0) is 11.2 Å². The molecular formula is C18H31NO2. The Kier molecular flexibility index (Phi) is 10.8. The maximum Gasteiger partial charge on any atom is 0.119 e. The van der Waals surface area contributed by atoms with Crippen LogP contribution in [0.15, 0.2) is 24.3 Å². The topological polar surface area (TPSA) is 44.5 Å². The molecule has 120 valence electrons. The Bertz CT molecular complexity index is 338. The van der Waals surface area contributed by atoms with E-state index in [1.165, 1.54) is 50.5 Å². The van der Waals surface area contributed by atoms with E-state index >= 15 is 0 Å². The second kappa shape index (κ2) is 12.7. The van der Waals surface area contributed by atoms with Crippen molar-refractivity contribution in [2.75, 3.05) is 26.4 Å². The van der Waals surface area contributed by atoms with E-state index in [1.54, 1.807) is 0 Å². The quantitative estimate of drug-likeness (QED) is 0.560. The predicted octanol–water partition coefficient (Wildman–Crippen LogP) is 3.94. The number of aryl methyl sites for hydroxylation is 1. The van der Waals surface area contributed by atoms with Crippen molar-refractivity contribution < 1.29 is 9.47 Å². The Morgan fingerprint density at radius 1 is 0.857 bits per heavy atom. The molecule has 0 aromatic heterocycles. The molecule has 2 N–H and O–H groups in total. The SMILES string of the molecule is CCCCCCCCc1ccc(OCCOCCN)cc1. The first-order chi connectivity index (χ1) is 10.4. The fraction of sp³-hybridized carbons (Fsp3) is 0.667. The van der Waals surface area contributed by atoms with Crippen LogP contribution in [0.3, 0.4) is 0 Å². The van der Waals surface area contributed by atoms with Gasteiger partial charge >= 0.3 is 0 Å². The lowest BCUT2D eigenvalue weighted by molar-refractivity contribution is 0.106. The van der Waals surface area contributed by atoms with Crippen LogP contribution in [0.4, 0.5) is 0 Å². The van der Waals surface area contributed by atoms with Crippen molar-refractivity contribution in [3.63, 3.8) is 0 Å². The van der Waals surface area contributed by atoms with E-state index in [0.717, 1.165) is 5.75 Å². The molecule has 0 radical (unpaired) electrons. The lowest BCUT2D eigenvalue weighted by Gasteiger charge is -2.08. The first-order valence-corrected chi connectivity index (χ1v) is 8.36. The van der Waals surface area contributed by atoms with E-state index < -0.39 is 0 Å². The molecule has 3 nitrogen and oxygen atoms in total. The van der Waals surface area contributed by atoms with Crippen LogP contribution in [0.5, 0.6) is 5.75 Å². The number of rotatable bonds is 13. The van der Waals surface area contributed by atoms with Gasteiger partial charge in [0, 0.05) is 6.54 Å². The second-order valence-electron chi connectivity index (χ2n) is 5.41. The number of hydrogen-bond donors (Lipinski definition) is 1. The van der Waals surface area contributed by atoms with E-state index in [2.05, 4.69) is 31.2 Å². The summed E-state index contributed by atoms with van der Waals surface area (Å²) >= 11 is 0. The van der Waals surface area contributed by atoms with Crippen molar-refractivity contribution in [2.24, 2.45) is 5.73 Å². The Labute approximate surface area is 129 Å². The minimum absolute atomic E-state index is 0.563. The highest BCUT2D eigenvalue weighted by Crippen LogP contribution is 2.15. The summed E-state index contributed by atoms with van der Waals surface area (Å²) in [4.78, 5) is 0. The molecule has 21 heavy (non-hydrogen) atoms.